The summed E-state index contributed by atoms with van der Waals surface area (Å²) in [7, 11) is -3.71. The topological polar surface area (TPSA) is 117 Å². The molecule has 1 amide bonds. The Labute approximate surface area is 222 Å². The number of ketones is 1. The molecule has 10 nitrogen and oxygen atoms in total. The highest BCUT2D eigenvalue weighted by molar-refractivity contribution is 7.89. The van der Waals surface area contributed by atoms with Crippen molar-refractivity contribution in [3.05, 3.63) is 71.3 Å². The van der Waals surface area contributed by atoms with E-state index in [2.05, 4.69) is 4.90 Å². The summed E-state index contributed by atoms with van der Waals surface area (Å²) in [5.74, 6) is -1.76. The molecule has 3 heterocycles. The van der Waals surface area contributed by atoms with Crippen LogP contribution >= 0.6 is 0 Å². The predicted molar refractivity (Wildman–Crippen MR) is 139 cm³/mol. The van der Waals surface area contributed by atoms with Crippen LogP contribution in [-0.2, 0) is 29.1 Å². The van der Waals surface area contributed by atoms with Crippen molar-refractivity contribution in [2.75, 3.05) is 65.7 Å². The number of hydrogen-bond acceptors (Lipinski definition) is 8. The number of nitrogens with zero attached hydrogens (tertiary/aromatic N) is 3. The van der Waals surface area contributed by atoms with Crippen molar-refractivity contribution in [1.29, 1.82) is 0 Å². The van der Waals surface area contributed by atoms with Gasteiger partial charge in [-0.15, -0.1) is 0 Å². The van der Waals surface area contributed by atoms with Crippen molar-refractivity contribution < 1.29 is 32.6 Å². The van der Waals surface area contributed by atoms with E-state index in [1.54, 1.807) is 0 Å². The zero-order chi connectivity index (χ0) is 26.7. The number of amides is 1. The van der Waals surface area contributed by atoms with E-state index >= 15 is 0 Å². The number of morpholine rings is 2. The summed E-state index contributed by atoms with van der Waals surface area (Å²) in [6, 6.07) is 14.1. The van der Waals surface area contributed by atoms with Crippen LogP contribution in [0.4, 0.5) is 0 Å². The van der Waals surface area contributed by atoms with Gasteiger partial charge in [0.1, 0.15) is 5.76 Å². The first kappa shape index (κ1) is 26.5. The van der Waals surface area contributed by atoms with Gasteiger partial charge in [-0.25, -0.2) is 8.42 Å². The lowest BCUT2D eigenvalue weighted by molar-refractivity contribution is -0.140. The minimum absolute atomic E-state index is 0.00744. The quantitative estimate of drug-likeness (QED) is 0.318. The molecule has 0 saturated carbocycles. The molecule has 2 aromatic carbocycles. The molecular formula is C27H31N3O7S. The Morgan fingerprint density at radius 3 is 2.08 bits per heavy atom. The van der Waals surface area contributed by atoms with E-state index in [0.29, 0.717) is 45.1 Å². The number of hydrogen-bond donors (Lipinski definition) is 1. The van der Waals surface area contributed by atoms with Crippen LogP contribution in [0, 0.1) is 0 Å². The fourth-order valence-corrected chi connectivity index (χ4v) is 6.45. The third-order valence-corrected chi connectivity index (χ3v) is 9.06. The molecule has 0 spiro atoms. The molecule has 5 rings (SSSR count). The number of likely N-dealkylation sites (tertiary alicyclic amines) is 1. The van der Waals surface area contributed by atoms with Gasteiger partial charge in [0.05, 0.1) is 42.9 Å². The predicted octanol–water partition coefficient (Wildman–Crippen LogP) is 1.46. The van der Waals surface area contributed by atoms with Crippen LogP contribution in [0.2, 0.25) is 0 Å². The lowest BCUT2D eigenvalue weighted by Gasteiger charge is -2.31. The van der Waals surface area contributed by atoms with Crippen LogP contribution in [0.3, 0.4) is 0 Å². The van der Waals surface area contributed by atoms with E-state index in [1.807, 2.05) is 30.3 Å². The summed E-state index contributed by atoms with van der Waals surface area (Å²) < 4.78 is 38.0. The SMILES string of the molecule is O=C1C(=O)N(CCN2CCOCC2)C(c2ccccc2)/C1=C(/O)c1ccc(S(=O)(=O)N2CCOCC2)cc1. The molecule has 0 aliphatic carbocycles. The molecule has 3 aliphatic heterocycles. The van der Waals surface area contributed by atoms with Gasteiger partial charge >= 0.3 is 0 Å². The molecule has 3 fully saturated rings. The lowest BCUT2D eigenvalue weighted by atomic mass is 9.95. The Balaban J connectivity index is 1.46. The second-order valence-electron chi connectivity index (χ2n) is 9.40. The van der Waals surface area contributed by atoms with Gasteiger partial charge in [0.25, 0.3) is 11.7 Å². The smallest absolute Gasteiger partial charge is 0.295 e. The largest absolute Gasteiger partial charge is 0.507 e. The second-order valence-corrected chi connectivity index (χ2v) is 11.3. The summed E-state index contributed by atoms with van der Waals surface area (Å²) >= 11 is 0. The summed E-state index contributed by atoms with van der Waals surface area (Å²) in [5.41, 5.74) is 0.965. The standard InChI is InChI=1S/C27H31N3O7S/c31-25(21-6-8-22(9-7-21)38(34,35)29-14-18-37-19-15-29)23-24(20-4-2-1-3-5-20)30(27(33)26(23)32)11-10-28-12-16-36-17-13-28/h1-9,24,31H,10-19H2/b25-23-. The summed E-state index contributed by atoms with van der Waals surface area (Å²) in [5, 5.41) is 11.3. The zero-order valence-corrected chi connectivity index (χ0v) is 21.8. The maximum Gasteiger partial charge on any atom is 0.295 e. The van der Waals surface area contributed by atoms with Crippen molar-refractivity contribution in [3.8, 4) is 0 Å². The molecule has 3 aliphatic rings. The Morgan fingerprint density at radius 1 is 0.842 bits per heavy atom. The van der Waals surface area contributed by atoms with E-state index in [4.69, 9.17) is 9.47 Å². The number of aliphatic hydroxyl groups is 1. The van der Waals surface area contributed by atoms with Crippen molar-refractivity contribution in [3.63, 3.8) is 0 Å². The molecule has 0 bridgehead atoms. The van der Waals surface area contributed by atoms with E-state index in [-0.39, 0.29) is 34.9 Å². The molecule has 3 saturated heterocycles. The number of ether oxygens (including phenoxy) is 2. The first-order valence-corrected chi connectivity index (χ1v) is 14.1. The highest BCUT2D eigenvalue weighted by atomic mass is 32.2. The van der Waals surface area contributed by atoms with Gasteiger partial charge < -0.3 is 19.5 Å². The van der Waals surface area contributed by atoms with Crippen molar-refractivity contribution in [1.82, 2.24) is 14.1 Å². The van der Waals surface area contributed by atoms with Gasteiger partial charge in [-0.2, -0.15) is 4.31 Å². The maximum absolute atomic E-state index is 13.2. The maximum atomic E-state index is 13.2. The van der Waals surface area contributed by atoms with Gasteiger partial charge in [-0.1, -0.05) is 30.3 Å². The first-order chi connectivity index (χ1) is 18.4. The average molecular weight is 542 g/mol. The Morgan fingerprint density at radius 2 is 1.45 bits per heavy atom. The van der Waals surface area contributed by atoms with Crippen molar-refractivity contribution >= 4 is 27.5 Å². The third kappa shape index (κ3) is 5.25. The molecule has 1 atom stereocenters. The van der Waals surface area contributed by atoms with Crippen LogP contribution in [0.5, 0.6) is 0 Å². The monoisotopic (exact) mass is 541 g/mol. The third-order valence-electron chi connectivity index (χ3n) is 7.15. The average Bonchev–Trinajstić information content (AvgIpc) is 3.22. The molecule has 1 unspecified atom stereocenters. The van der Waals surface area contributed by atoms with E-state index in [9.17, 15) is 23.1 Å². The number of carbonyl (C=O) groups is 2. The zero-order valence-electron chi connectivity index (χ0n) is 21.0. The summed E-state index contributed by atoms with van der Waals surface area (Å²) in [4.78, 5) is 30.2. The van der Waals surface area contributed by atoms with Crippen LogP contribution in [-0.4, -0.2) is 105 Å². The van der Waals surface area contributed by atoms with Gasteiger partial charge in [-0.3, -0.25) is 14.5 Å². The molecule has 1 N–H and O–H groups in total. The van der Waals surface area contributed by atoms with Crippen molar-refractivity contribution in [2.45, 2.75) is 10.9 Å². The Bertz CT molecular complexity index is 1300. The molecule has 11 heteroatoms. The van der Waals surface area contributed by atoms with E-state index in [0.717, 1.165) is 13.1 Å². The second kappa shape index (κ2) is 11.3. The molecule has 0 radical (unpaired) electrons. The number of aliphatic hydroxyl groups excluding tert-OH is 1. The normalized spacial score (nSPS) is 23.2. The number of rotatable bonds is 7. The van der Waals surface area contributed by atoms with Crippen molar-refractivity contribution in [2.24, 2.45) is 0 Å². The number of carbonyl (C=O) groups excluding carboxylic acids is 2. The summed E-state index contributed by atoms with van der Waals surface area (Å²) in [6.45, 7) is 4.86. The van der Waals surface area contributed by atoms with Gasteiger partial charge in [-0.05, 0) is 29.8 Å². The molecule has 2 aromatic rings. The fraction of sp³-hybridized carbons (Fsp3) is 0.407. The fourth-order valence-electron chi connectivity index (χ4n) is 5.04. The van der Waals surface area contributed by atoms with Gasteiger partial charge in [0.2, 0.25) is 10.0 Å². The van der Waals surface area contributed by atoms with Gasteiger partial charge in [0.15, 0.2) is 0 Å². The van der Waals surface area contributed by atoms with Crippen LogP contribution in [0.25, 0.3) is 5.76 Å². The molecule has 0 aromatic heterocycles. The van der Waals surface area contributed by atoms with Crippen LogP contribution < -0.4 is 0 Å². The number of Topliss-reactive ketones (excluding diaryl/α,β-unsaturated/α-hetero) is 1. The van der Waals surface area contributed by atoms with Crippen LogP contribution in [0.15, 0.2) is 65.1 Å². The Hall–Kier alpha value is -3.09. The highest BCUT2D eigenvalue weighted by Crippen LogP contribution is 2.39. The van der Waals surface area contributed by atoms with E-state index in [1.165, 1.54) is 33.5 Å². The van der Waals surface area contributed by atoms with Gasteiger partial charge in [0, 0.05) is 44.8 Å². The molecule has 38 heavy (non-hydrogen) atoms. The number of sulfonamides is 1. The first-order valence-electron chi connectivity index (χ1n) is 12.7. The Kier molecular flexibility index (Phi) is 7.91. The minimum Gasteiger partial charge on any atom is -0.507 e. The molecular weight excluding hydrogens is 510 g/mol. The van der Waals surface area contributed by atoms with Crippen LogP contribution in [0.1, 0.15) is 17.2 Å². The molecule has 202 valence electrons. The minimum atomic E-state index is -3.71. The van der Waals surface area contributed by atoms with E-state index < -0.39 is 27.8 Å². The summed E-state index contributed by atoms with van der Waals surface area (Å²) in [6.07, 6.45) is 0. The number of benzene rings is 2. The highest BCUT2D eigenvalue weighted by Gasteiger charge is 2.46. The lowest BCUT2D eigenvalue weighted by Crippen LogP contribution is -2.42.